The second kappa shape index (κ2) is 4.78. The summed E-state index contributed by atoms with van der Waals surface area (Å²) in [6, 6.07) is 0.0939. The van der Waals surface area contributed by atoms with Crippen molar-refractivity contribution in [1.82, 2.24) is 10.6 Å². The molecule has 0 aromatic heterocycles. The Bertz CT molecular complexity index is 193. The van der Waals surface area contributed by atoms with E-state index in [4.69, 9.17) is 0 Å². The van der Waals surface area contributed by atoms with Crippen molar-refractivity contribution < 1.29 is 4.79 Å². The molecule has 0 bridgehead atoms. The summed E-state index contributed by atoms with van der Waals surface area (Å²) in [5.41, 5.74) is 0. The fourth-order valence-corrected chi connectivity index (χ4v) is 2.49. The number of rotatable bonds is 3. The molecule has 1 saturated heterocycles. The van der Waals surface area contributed by atoms with Gasteiger partial charge in [-0.05, 0) is 38.1 Å². The first-order valence-electron chi connectivity index (χ1n) is 5.87. The molecule has 14 heavy (non-hydrogen) atoms. The van der Waals surface area contributed by atoms with Crippen molar-refractivity contribution >= 4 is 5.91 Å². The van der Waals surface area contributed by atoms with Gasteiger partial charge in [0.2, 0.25) is 5.91 Å². The van der Waals surface area contributed by atoms with E-state index < -0.39 is 0 Å². The highest BCUT2D eigenvalue weighted by Gasteiger charge is 2.23. The lowest BCUT2D eigenvalue weighted by Crippen LogP contribution is -2.41. The van der Waals surface area contributed by atoms with Gasteiger partial charge in [-0.1, -0.05) is 12.8 Å². The van der Waals surface area contributed by atoms with E-state index in [1.54, 1.807) is 0 Å². The number of nitrogens with one attached hydrogen (secondary N) is 2. The summed E-state index contributed by atoms with van der Waals surface area (Å²) in [7, 11) is 0. The molecule has 1 aliphatic carbocycles. The second-order valence-electron chi connectivity index (χ2n) is 4.54. The summed E-state index contributed by atoms with van der Waals surface area (Å²) in [5, 5.41) is 6.28. The van der Waals surface area contributed by atoms with Crippen LogP contribution in [0, 0.1) is 5.92 Å². The molecule has 1 heterocycles. The molecular formula is C11H20N2O. The summed E-state index contributed by atoms with van der Waals surface area (Å²) < 4.78 is 0. The van der Waals surface area contributed by atoms with Crippen LogP contribution in [0.25, 0.3) is 0 Å². The Labute approximate surface area is 85.6 Å². The van der Waals surface area contributed by atoms with Crippen LogP contribution in [0.15, 0.2) is 0 Å². The van der Waals surface area contributed by atoms with Gasteiger partial charge in [0.25, 0.3) is 0 Å². The van der Waals surface area contributed by atoms with E-state index in [-0.39, 0.29) is 11.9 Å². The van der Waals surface area contributed by atoms with Crippen molar-refractivity contribution in [3.8, 4) is 0 Å². The molecule has 0 spiro atoms. The van der Waals surface area contributed by atoms with Gasteiger partial charge in [0, 0.05) is 6.54 Å². The summed E-state index contributed by atoms with van der Waals surface area (Å²) >= 11 is 0. The van der Waals surface area contributed by atoms with Gasteiger partial charge < -0.3 is 10.6 Å². The van der Waals surface area contributed by atoms with Gasteiger partial charge >= 0.3 is 0 Å². The Balaban J connectivity index is 1.66. The van der Waals surface area contributed by atoms with Crippen molar-refractivity contribution in [2.24, 2.45) is 5.92 Å². The van der Waals surface area contributed by atoms with Gasteiger partial charge in [-0.2, -0.15) is 0 Å². The molecule has 1 saturated carbocycles. The van der Waals surface area contributed by atoms with Gasteiger partial charge in [0.15, 0.2) is 0 Å². The molecule has 0 aromatic carbocycles. The van der Waals surface area contributed by atoms with Crippen molar-refractivity contribution in [3.05, 3.63) is 0 Å². The van der Waals surface area contributed by atoms with E-state index in [2.05, 4.69) is 10.6 Å². The molecular weight excluding hydrogens is 176 g/mol. The largest absolute Gasteiger partial charge is 0.354 e. The smallest absolute Gasteiger partial charge is 0.237 e. The van der Waals surface area contributed by atoms with Crippen molar-refractivity contribution in [2.45, 2.75) is 44.6 Å². The minimum Gasteiger partial charge on any atom is -0.354 e. The quantitative estimate of drug-likeness (QED) is 0.708. The molecule has 0 aromatic rings. The zero-order chi connectivity index (χ0) is 9.80. The highest BCUT2D eigenvalue weighted by atomic mass is 16.2. The van der Waals surface area contributed by atoms with Crippen LogP contribution in [0.4, 0.5) is 0 Å². The molecule has 0 radical (unpaired) electrons. The number of amides is 1. The maximum atomic E-state index is 11.6. The molecule has 1 aliphatic heterocycles. The predicted molar refractivity (Wildman–Crippen MR) is 56.0 cm³/mol. The van der Waals surface area contributed by atoms with Gasteiger partial charge in [-0.25, -0.2) is 0 Å². The molecule has 3 nitrogen and oxygen atoms in total. The zero-order valence-electron chi connectivity index (χ0n) is 8.72. The molecule has 2 N–H and O–H groups in total. The predicted octanol–water partition coefficient (Wildman–Crippen LogP) is 1.04. The molecule has 1 amide bonds. The third-order valence-electron chi connectivity index (χ3n) is 3.42. The van der Waals surface area contributed by atoms with E-state index in [1.807, 2.05) is 0 Å². The van der Waals surface area contributed by atoms with Crippen LogP contribution in [0.1, 0.15) is 38.5 Å². The van der Waals surface area contributed by atoms with Crippen LogP contribution in [-0.4, -0.2) is 25.0 Å². The molecule has 1 unspecified atom stereocenters. The summed E-state index contributed by atoms with van der Waals surface area (Å²) in [6.45, 7) is 1.90. The summed E-state index contributed by atoms with van der Waals surface area (Å²) in [4.78, 5) is 11.6. The Kier molecular flexibility index (Phi) is 3.40. The Morgan fingerprint density at radius 3 is 2.64 bits per heavy atom. The lowest BCUT2D eigenvalue weighted by Gasteiger charge is -2.14. The molecule has 2 rings (SSSR count). The van der Waals surface area contributed by atoms with E-state index in [0.29, 0.717) is 0 Å². The van der Waals surface area contributed by atoms with Crippen LogP contribution >= 0.6 is 0 Å². The average molecular weight is 196 g/mol. The maximum absolute atomic E-state index is 11.6. The molecule has 80 valence electrons. The van der Waals surface area contributed by atoms with E-state index in [1.165, 1.54) is 25.7 Å². The lowest BCUT2D eigenvalue weighted by molar-refractivity contribution is -0.122. The Hall–Kier alpha value is -0.570. The van der Waals surface area contributed by atoms with Gasteiger partial charge in [0.1, 0.15) is 0 Å². The number of hydrogen-bond acceptors (Lipinski definition) is 2. The third kappa shape index (κ3) is 2.47. The molecule has 3 heteroatoms. The van der Waals surface area contributed by atoms with Crippen LogP contribution in [0.2, 0.25) is 0 Å². The number of carbonyl (C=O) groups is 1. The van der Waals surface area contributed by atoms with Gasteiger partial charge in [0.05, 0.1) is 6.04 Å². The van der Waals surface area contributed by atoms with Crippen LogP contribution in [-0.2, 0) is 4.79 Å². The van der Waals surface area contributed by atoms with Crippen molar-refractivity contribution in [2.75, 3.05) is 13.1 Å². The fraction of sp³-hybridized carbons (Fsp3) is 0.909. The van der Waals surface area contributed by atoms with Gasteiger partial charge in [-0.3, -0.25) is 4.79 Å². The standard InChI is InChI=1S/C11H20N2O/c14-11(10-6-3-7-12-10)13-8-9-4-1-2-5-9/h9-10,12H,1-8H2,(H,13,14). The van der Waals surface area contributed by atoms with Crippen molar-refractivity contribution in [1.29, 1.82) is 0 Å². The summed E-state index contributed by atoms with van der Waals surface area (Å²) in [5.74, 6) is 0.967. The Morgan fingerprint density at radius 1 is 1.21 bits per heavy atom. The fourth-order valence-electron chi connectivity index (χ4n) is 2.49. The van der Waals surface area contributed by atoms with Crippen LogP contribution < -0.4 is 10.6 Å². The minimum atomic E-state index is 0.0939. The Morgan fingerprint density at radius 2 is 2.00 bits per heavy atom. The lowest BCUT2D eigenvalue weighted by atomic mass is 10.1. The van der Waals surface area contributed by atoms with E-state index in [9.17, 15) is 4.79 Å². The summed E-state index contributed by atoms with van der Waals surface area (Å²) in [6.07, 6.45) is 7.46. The molecule has 2 fully saturated rings. The highest BCUT2D eigenvalue weighted by Crippen LogP contribution is 2.23. The number of hydrogen-bond donors (Lipinski definition) is 2. The topological polar surface area (TPSA) is 41.1 Å². The monoisotopic (exact) mass is 196 g/mol. The van der Waals surface area contributed by atoms with Crippen LogP contribution in [0.5, 0.6) is 0 Å². The number of carbonyl (C=O) groups excluding carboxylic acids is 1. The molecule has 2 aliphatic rings. The minimum absolute atomic E-state index is 0.0939. The van der Waals surface area contributed by atoms with Crippen LogP contribution in [0.3, 0.4) is 0 Å². The maximum Gasteiger partial charge on any atom is 0.237 e. The normalized spacial score (nSPS) is 28.1. The molecule has 1 atom stereocenters. The van der Waals surface area contributed by atoms with Gasteiger partial charge in [-0.15, -0.1) is 0 Å². The van der Waals surface area contributed by atoms with E-state index in [0.717, 1.165) is 31.8 Å². The third-order valence-corrected chi connectivity index (χ3v) is 3.42. The first-order valence-corrected chi connectivity index (χ1v) is 5.87. The first kappa shape index (κ1) is 9.97. The van der Waals surface area contributed by atoms with Crippen molar-refractivity contribution in [3.63, 3.8) is 0 Å². The second-order valence-corrected chi connectivity index (χ2v) is 4.54. The van der Waals surface area contributed by atoms with E-state index >= 15 is 0 Å². The zero-order valence-corrected chi connectivity index (χ0v) is 8.72. The average Bonchev–Trinajstić information content (AvgIpc) is 2.87. The SMILES string of the molecule is O=C(NCC1CCCC1)C1CCCN1. The first-order chi connectivity index (χ1) is 6.86. The highest BCUT2D eigenvalue weighted by molar-refractivity contribution is 5.81.